The molecule has 1 saturated carbocycles. The van der Waals surface area contributed by atoms with Crippen molar-refractivity contribution in [3.8, 4) is 11.5 Å². The molecular formula is C13H18N4O4S. The van der Waals surface area contributed by atoms with E-state index in [4.69, 9.17) is 14.7 Å². The van der Waals surface area contributed by atoms with E-state index in [-0.39, 0.29) is 11.0 Å². The zero-order valence-corrected chi connectivity index (χ0v) is 13.2. The van der Waals surface area contributed by atoms with Crippen molar-refractivity contribution >= 4 is 10.0 Å². The molecule has 0 aromatic carbocycles. The molecule has 3 N–H and O–H groups in total. The van der Waals surface area contributed by atoms with Crippen molar-refractivity contribution in [2.45, 2.75) is 43.2 Å². The third-order valence-electron chi connectivity index (χ3n) is 4.03. The largest absolute Gasteiger partial charge is 0.448 e. The van der Waals surface area contributed by atoms with Gasteiger partial charge in [-0.25, -0.2) is 13.1 Å². The first-order valence-corrected chi connectivity index (χ1v) is 8.51. The van der Waals surface area contributed by atoms with Crippen LogP contribution in [0.2, 0.25) is 0 Å². The molecule has 3 rings (SSSR count). The maximum Gasteiger partial charge on any atom is 0.273 e. The van der Waals surface area contributed by atoms with Gasteiger partial charge in [-0.2, -0.15) is 4.98 Å². The lowest BCUT2D eigenvalue weighted by molar-refractivity contribution is 0.372. The number of aromatic nitrogens is 2. The van der Waals surface area contributed by atoms with Crippen LogP contribution in [0.4, 0.5) is 0 Å². The Hall–Kier alpha value is -1.71. The first kappa shape index (κ1) is 15.2. The van der Waals surface area contributed by atoms with Gasteiger partial charge >= 0.3 is 0 Å². The Bertz CT molecular complexity index is 787. The Morgan fingerprint density at radius 1 is 1.36 bits per heavy atom. The lowest BCUT2D eigenvalue weighted by Gasteiger charge is -2.17. The highest BCUT2D eigenvalue weighted by Crippen LogP contribution is 2.36. The molecule has 0 bridgehead atoms. The Labute approximate surface area is 128 Å². The summed E-state index contributed by atoms with van der Waals surface area (Å²) in [5, 5.41) is 3.77. The molecule has 1 aliphatic carbocycles. The highest BCUT2D eigenvalue weighted by Gasteiger charge is 2.36. The van der Waals surface area contributed by atoms with E-state index in [0.717, 1.165) is 25.7 Å². The number of hydrogen-bond donors (Lipinski definition) is 2. The minimum absolute atomic E-state index is 0.189. The molecule has 0 amide bonds. The summed E-state index contributed by atoms with van der Waals surface area (Å²) in [6, 6.07) is 1.37. The lowest BCUT2D eigenvalue weighted by Crippen LogP contribution is -2.34. The summed E-state index contributed by atoms with van der Waals surface area (Å²) in [6.07, 6.45) is 3.71. The molecule has 0 spiro atoms. The smallest absolute Gasteiger partial charge is 0.273 e. The summed E-state index contributed by atoms with van der Waals surface area (Å²) in [4.78, 5) is 4.34. The average Bonchev–Trinajstić information content (AvgIpc) is 3.18. The molecule has 0 radical (unpaired) electrons. The van der Waals surface area contributed by atoms with Crippen LogP contribution in [0.15, 0.2) is 20.1 Å². The fourth-order valence-electron chi connectivity index (χ4n) is 2.66. The number of hydrogen-bond acceptors (Lipinski definition) is 7. The number of rotatable bonds is 4. The van der Waals surface area contributed by atoms with Crippen molar-refractivity contribution in [3.05, 3.63) is 17.7 Å². The molecule has 1 aliphatic rings. The van der Waals surface area contributed by atoms with E-state index in [9.17, 15) is 8.42 Å². The minimum atomic E-state index is -3.66. The SMILES string of the molecule is CNS(=O)(=O)c1cc(-c2nc(C3(N)CCCC3)no2)c(C)o1. The first-order chi connectivity index (χ1) is 10.4. The summed E-state index contributed by atoms with van der Waals surface area (Å²) in [7, 11) is -2.34. The van der Waals surface area contributed by atoms with Crippen LogP contribution in [0.5, 0.6) is 0 Å². The number of furan rings is 1. The molecule has 2 aromatic heterocycles. The molecule has 22 heavy (non-hydrogen) atoms. The zero-order valence-electron chi connectivity index (χ0n) is 12.4. The maximum atomic E-state index is 11.8. The third-order valence-corrected chi connectivity index (χ3v) is 5.29. The van der Waals surface area contributed by atoms with Gasteiger partial charge in [0.05, 0.1) is 11.1 Å². The zero-order chi connectivity index (χ0) is 16.0. The Balaban J connectivity index is 1.97. The highest BCUT2D eigenvalue weighted by atomic mass is 32.2. The van der Waals surface area contributed by atoms with E-state index in [0.29, 0.717) is 17.1 Å². The van der Waals surface area contributed by atoms with Gasteiger partial charge in [0.15, 0.2) is 5.82 Å². The van der Waals surface area contributed by atoms with E-state index in [1.54, 1.807) is 6.92 Å². The molecule has 8 nitrogen and oxygen atoms in total. The number of nitrogens with two attached hydrogens (primary N) is 1. The van der Waals surface area contributed by atoms with Crippen LogP contribution in [-0.4, -0.2) is 25.6 Å². The summed E-state index contributed by atoms with van der Waals surface area (Å²) in [5.74, 6) is 1.06. The summed E-state index contributed by atoms with van der Waals surface area (Å²) >= 11 is 0. The van der Waals surface area contributed by atoms with E-state index in [2.05, 4.69) is 14.9 Å². The van der Waals surface area contributed by atoms with Crippen molar-refractivity contribution in [2.75, 3.05) is 7.05 Å². The third kappa shape index (κ3) is 2.44. The van der Waals surface area contributed by atoms with Crippen LogP contribution in [0.25, 0.3) is 11.5 Å². The van der Waals surface area contributed by atoms with Crippen LogP contribution in [0.3, 0.4) is 0 Å². The number of nitrogens with zero attached hydrogens (tertiary/aromatic N) is 2. The molecule has 9 heteroatoms. The second kappa shape index (κ2) is 5.18. The van der Waals surface area contributed by atoms with Gasteiger partial charge in [0.25, 0.3) is 15.9 Å². The quantitative estimate of drug-likeness (QED) is 0.867. The van der Waals surface area contributed by atoms with Gasteiger partial charge in [-0.05, 0) is 26.8 Å². The first-order valence-electron chi connectivity index (χ1n) is 7.03. The number of aryl methyl sites for hydroxylation is 1. The normalized spacial score (nSPS) is 18.0. The second-order valence-corrected chi connectivity index (χ2v) is 7.35. The topological polar surface area (TPSA) is 124 Å². The van der Waals surface area contributed by atoms with Crippen LogP contribution in [0.1, 0.15) is 37.3 Å². The molecule has 0 unspecified atom stereocenters. The van der Waals surface area contributed by atoms with Crippen LogP contribution < -0.4 is 10.5 Å². The molecule has 0 aliphatic heterocycles. The predicted molar refractivity (Wildman–Crippen MR) is 77.3 cm³/mol. The van der Waals surface area contributed by atoms with Crippen molar-refractivity contribution in [3.63, 3.8) is 0 Å². The molecular weight excluding hydrogens is 308 g/mol. The van der Waals surface area contributed by atoms with Gasteiger partial charge < -0.3 is 14.7 Å². The van der Waals surface area contributed by atoms with Crippen LogP contribution >= 0.6 is 0 Å². The van der Waals surface area contributed by atoms with E-state index >= 15 is 0 Å². The predicted octanol–water partition coefficient (Wildman–Crippen LogP) is 1.27. The number of sulfonamides is 1. The summed E-state index contributed by atoms with van der Waals surface area (Å²) < 4.78 is 36.3. The van der Waals surface area contributed by atoms with Gasteiger partial charge in [0, 0.05) is 6.07 Å². The van der Waals surface area contributed by atoms with Gasteiger partial charge in [0.2, 0.25) is 5.09 Å². The second-order valence-electron chi connectivity index (χ2n) is 5.53. The fraction of sp³-hybridized carbons (Fsp3) is 0.538. The average molecular weight is 326 g/mol. The minimum Gasteiger partial charge on any atom is -0.448 e. The fourth-order valence-corrected chi connectivity index (χ4v) is 3.37. The van der Waals surface area contributed by atoms with Gasteiger partial charge in [-0.1, -0.05) is 18.0 Å². The Morgan fingerprint density at radius 2 is 2.05 bits per heavy atom. The van der Waals surface area contributed by atoms with Crippen molar-refractivity contribution in [1.82, 2.24) is 14.9 Å². The summed E-state index contributed by atoms with van der Waals surface area (Å²) in [6.45, 7) is 1.64. The van der Waals surface area contributed by atoms with Crippen molar-refractivity contribution in [1.29, 1.82) is 0 Å². The van der Waals surface area contributed by atoms with Crippen LogP contribution in [-0.2, 0) is 15.6 Å². The molecule has 2 heterocycles. The molecule has 0 atom stereocenters. The lowest BCUT2D eigenvalue weighted by atomic mass is 9.99. The molecule has 1 fully saturated rings. The maximum absolute atomic E-state index is 11.8. The number of nitrogens with one attached hydrogen (secondary N) is 1. The van der Waals surface area contributed by atoms with E-state index < -0.39 is 15.6 Å². The standard InChI is InChI=1S/C13H18N4O4S/c1-8-9(7-10(20-8)22(18,19)15-2)11-16-12(17-21-11)13(14)5-3-4-6-13/h7,15H,3-6,14H2,1-2H3. The Morgan fingerprint density at radius 3 is 2.68 bits per heavy atom. The monoisotopic (exact) mass is 326 g/mol. The summed E-state index contributed by atoms with van der Waals surface area (Å²) in [5.41, 5.74) is 6.19. The molecule has 120 valence electrons. The van der Waals surface area contributed by atoms with Crippen molar-refractivity contribution in [2.24, 2.45) is 5.73 Å². The molecule has 2 aromatic rings. The van der Waals surface area contributed by atoms with Gasteiger partial charge in [-0.15, -0.1) is 0 Å². The van der Waals surface area contributed by atoms with Crippen molar-refractivity contribution < 1.29 is 17.4 Å². The molecule has 0 saturated heterocycles. The van der Waals surface area contributed by atoms with E-state index in [1.165, 1.54) is 13.1 Å². The van der Waals surface area contributed by atoms with Gasteiger partial charge in [0.1, 0.15) is 5.76 Å². The van der Waals surface area contributed by atoms with Crippen LogP contribution in [0, 0.1) is 6.92 Å². The Kier molecular flexibility index (Phi) is 3.58. The highest BCUT2D eigenvalue weighted by molar-refractivity contribution is 7.89. The van der Waals surface area contributed by atoms with E-state index in [1.807, 2.05) is 0 Å². The van der Waals surface area contributed by atoms with Gasteiger partial charge in [-0.3, -0.25) is 0 Å².